The minimum atomic E-state index is -0.200. The fraction of sp³-hybridized carbons (Fsp3) is 0.125. The Kier molecular flexibility index (Phi) is 4.08. The molecule has 0 aliphatic carbocycles. The third-order valence-corrected chi connectivity index (χ3v) is 2.81. The van der Waals surface area contributed by atoms with Crippen molar-refractivity contribution < 1.29 is 9.59 Å². The van der Waals surface area contributed by atoms with Crippen LogP contribution in [0.4, 0.5) is 0 Å². The zero-order valence-corrected chi connectivity index (χ0v) is 10.7. The molecule has 19 heavy (non-hydrogen) atoms. The molecule has 1 amide bonds. The van der Waals surface area contributed by atoms with Crippen LogP contribution in [0.3, 0.4) is 0 Å². The van der Waals surface area contributed by atoms with Gasteiger partial charge in [-0.25, -0.2) is 0 Å². The molecule has 3 nitrogen and oxygen atoms in total. The maximum absolute atomic E-state index is 11.8. The molecule has 1 N–H and O–H groups in total. The molecule has 2 aromatic rings. The summed E-state index contributed by atoms with van der Waals surface area (Å²) < 4.78 is 0. The van der Waals surface area contributed by atoms with E-state index in [2.05, 4.69) is 5.32 Å². The van der Waals surface area contributed by atoms with Crippen LogP contribution in [0.5, 0.6) is 0 Å². The molecule has 0 aromatic heterocycles. The van der Waals surface area contributed by atoms with Gasteiger partial charge in [0, 0.05) is 12.5 Å². The second-order valence-corrected chi connectivity index (χ2v) is 4.28. The highest BCUT2D eigenvalue weighted by Gasteiger charge is 2.06. The highest BCUT2D eigenvalue weighted by atomic mass is 16.2. The van der Waals surface area contributed by atoms with Gasteiger partial charge in [-0.15, -0.1) is 0 Å². The lowest BCUT2D eigenvalue weighted by atomic mass is 10.0. The molecule has 0 aliphatic rings. The van der Waals surface area contributed by atoms with Gasteiger partial charge in [-0.2, -0.15) is 0 Å². The van der Waals surface area contributed by atoms with E-state index in [-0.39, 0.29) is 18.2 Å². The summed E-state index contributed by atoms with van der Waals surface area (Å²) in [6.45, 7) is 1.44. The molecular weight excluding hydrogens is 238 g/mol. The Morgan fingerprint density at radius 3 is 2.05 bits per heavy atom. The lowest BCUT2D eigenvalue weighted by Crippen LogP contribution is -2.27. The Labute approximate surface area is 112 Å². The van der Waals surface area contributed by atoms with Gasteiger partial charge >= 0.3 is 0 Å². The van der Waals surface area contributed by atoms with E-state index in [0.717, 1.165) is 11.1 Å². The smallest absolute Gasteiger partial charge is 0.217 e. The van der Waals surface area contributed by atoms with Gasteiger partial charge in [0.25, 0.3) is 0 Å². The van der Waals surface area contributed by atoms with Crippen molar-refractivity contribution in [2.24, 2.45) is 0 Å². The molecule has 2 rings (SSSR count). The van der Waals surface area contributed by atoms with Gasteiger partial charge in [0.15, 0.2) is 5.78 Å². The first kappa shape index (κ1) is 13.0. The van der Waals surface area contributed by atoms with E-state index in [1.165, 1.54) is 6.92 Å². The SMILES string of the molecule is CC(=O)NCC(=O)c1ccc(-c2ccccc2)cc1. The van der Waals surface area contributed by atoms with Crippen LogP contribution in [0.25, 0.3) is 11.1 Å². The number of hydrogen-bond donors (Lipinski definition) is 1. The summed E-state index contributed by atoms with van der Waals surface area (Å²) in [7, 11) is 0. The molecule has 0 atom stereocenters. The molecule has 0 radical (unpaired) electrons. The number of Topliss-reactive ketones (excluding diaryl/α,β-unsaturated/α-hetero) is 1. The molecule has 2 aromatic carbocycles. The van der Waals surface area contributed by atoms with Gasteiger partial charge in [0.05, 0.1) is 6.54 Å². The van der Waals surface area contributed by atoms with Crippen LogP contribution < -0.4 is 5.32 Å². The zero-order chi connectivity index (χ0) is 13.7. The van der Waals surface area contributed by atoms with Crippen LogP contribution in [-0.2, 0) is 4.79 Å². The number of benzene rings is 2. The average molecular weight is 253 g/mol. The topological polar surface area (TPSA) is 46.2 Å². The van der Waals surface area contributed by atoms with Crippen molar-refractivity contribution in [1.29, 1.82) is 0 Å². The molecule has 0 heterocycles. The predicted molar refractivity (Wildman–Crippen MR) is 74.9 cm³/mol. The van der Waals surface area contributed by atoms with Gasteiger partial charge in [-0.3, -0.25) is 9.59 Å². The number of hydrogen-bond acceptors (Lipinski definition) is 2. The van der Waals surface area contributed by atoms with Gasteiger partial charge in [0.2, 0.25) is 5.91 Å². The predicted octanol–water partition coefficient (Wildman–Crippen LogP) is 2.67. The normalized spacial score (nSPS) is 9.95. The van der Waals surface area contributed by atoms with Crippen molar-refractivity contribution in [2.75, 3.05) is 6.54 Å². The molecule has 0 unspecified atom stereocenters. The van der Waals surface area contributed by atoms with E-state index in [9.17, 15) is 9.59 Å². The first-order valence-electron chi connectivity index (χ1n) is 6.10. The number of nitrogens with one attached hydrogen (secondary N) is 1. The summed E-state index contributed by atoms with van der Waals surface area (Å²) in [6.07, 6.45) is 0. The maximum atomic E-state index is 11.8. The van der Waals surface area contributed by atoms with Crippen molar-refractivity contribution in [3.63, 3.8) is 0 Å². The van der Waals surface area contributed by atoms with Crippen molar-refractivity contribution in [3.05, 3.63) is 60.2 Å². The van der Waals surface area contributed by atoms with E-state index in [1.807, 2.05) is 42.5 Å². The van der Waals surface area contributed by atoms with E-state index in [0.29, 0.717) is 5.56 Å². The Hall–Kier alpha value is -2.42. The van der Waals surface area contributed by atoms with Crippen molar-refractivity contribution in [1.82, 2.24) is 5.32 Å². The molecule has 0 bridgehead atoms. The number of carbonyl (C=O) groups excluding carboxylic acids is 2. The van der Waals surface area contributed by atoms with Crippen LogP contribution in [-0.4, -0.2) is 18.2 Å². The lowest BCUT2D eigenvalue weighted by molar-refractivity contribution is -0.118. The van der Waals surface area contributed by atoms with Crippen LogP contribution in [0, 0.1) is 0 Å². The fourth-order valence-electron chi connectivity index (χ4n) is 1.79. The summed E-state index contributed by atoms with van der Waals surface area (Å²) in [5.74, 6) is -0.288. The minimum Gasteiger partial charge on any atom is -0.349 e. The van der Waals surface area contributed by atoms with Gasteiger partial charge < -0.3 is 5.32 Å². The minimum absolute atomic E-state index is 0.0417. The van der Waals surface area contributed by atoms with Crippen LogP contribution in [0.15, 0.2) is 54.6 Å². The Morgan fingerprint density at radius 1 is 0.895 bits per heavy atom. The summed E-state index contributed by atoms with van der Waals surface area (Å²) in [5, 5.41) is 2.50. The van der Waals surface area contributed by atoms with E-state index < -0.39 is 0 Å². The number of ketones is 1. The van der Waals surface area contributed by atoms with Gasteiger partial charge in [0.1, 0.15) is 0 Å². The Morgan fingerprint density at radius 2 is 1.47 bits per heavy atom. The molecule has 0 saturated carbocycles. The first-order valence-corrected chi connectivity index (χ1v) is 6.10. The van der Waals surface area contributed by atoms with E-state index >= 15 is 0 Å². The molecule has 0 aliphatic heterocycles. The highest BCUT2D eigenvalue weighted by Crippen LogP contribution is 2.19. The van der Waals surface area contributed by atoms with Gasteiger partial charge in [-0.05, 0) is 11.1 Å². The van der Waals surface area contributed by atoms with Crippen LogP contribution >= 0.6 is 0 Å². The number of carbonyl (C=O) groups is 2. The van der Waals surface area contributed by atoms with Crippen molar-refractivity contribution in [3.8, 4) is 11.1 Å². The van der Waals surface area contributed by atoms with Crippen LogP contribution in [0.1, 0.15) is 17.3 Å². The molecule has 0 spiro atoms. The summed E-state index contributed by atoms with van der Waals surface area (Å²) >= 11 is 0. The number of rotatable bonds is 4. The second-order valence-electron chi connectivity index (χ2n) is 4.28. The molecular formula is C16H15NO2. The molecule has 3 heteroatoms. The van der Waals surface area contributed by atoms with Gasteiger partial charge in [-0.1, -0.05) is 54.6 Å². The van der Waals surface area contributed by atoms with E-state index in [1.54, 1.807) is 12.1 Å². The fourth-order valence-corrected chi connectivity index (χ4v) is 1.79. The Bertz CT molecular complexity index is 573. The molecule has 96 valence electrons. The molecule has 0 fully saturated rings. The zero-order valence-electron chi connectivity index (χ0n) is 10.7. The first-order chi connectivity index (χ1) is 9.16. The second kappa shape index (κ2) is 5.96. The quantitative estimate of drug-likeness (QED) is 0.851. The van der Waals surface area contributed by atoms with E-state index in [4.69, 9.17) is 0 Å². The van der Waals surface area contributed by atoms with Crippen molar-refractivity contribution in [2.45, 2.75) is 6.92 Å². The average Bonchev–Trinajstić information content (AvgIpc) is 2.46. The van der Waals surface area contributed by atoms with Crippen molar-refractivity contribution >= 4 is 11.7 Å². The third kappa shape index (κ3) is 3.52. The standard InChI is InChI=1S/C16H15NO2/c1-12(18)17-11-16(19)15-9-7-14(8-10-15)13-5-3-2-4-6-13/h2-10H,11H2,1H3,(H,17,18). The summed E-state index contributed by atoms with van der Waals surface area (Å²) in [6, 6.07) is 17.4. The third-order valence-electron chi connectivity index (χ3n) is 2.81. The molecule has 0 saturated heterocycles. The van der Waals surface area contributed by atoms with Crippen LogP contribution in [0.2, 0.25) is 0 Å². The summed E-state index contributed by atoms with van der Waals surface area (Å²) in [5.41, 5.74) is 2.79. The Balaban J connectivity index is 2.10. The maximum Gasteiger partial charge on any atom is 0.217 e. The summed E-state index contributed by atoms with van der Waals surface area (Å²) in [4.78, 5) is 22.5. The number of amides is 1. The monoisotopic (exact) mass is 253 g/mol. The lowest BCUT2D eigenvalue weighted by Gasteiger charge is -2.04. The largest absolute Gasteiger partial charge is 0.349 e. The highest BCUT2D eigenvalue weighted by molar-refractivity contribution is 5.99.